The van der Waals surface area contributed by atoms with Crippen molar-refractivity contribution >= 4 is 23.3 Å². The minimum absolute atomic E-state index is 0.114. The van der Waals surface area contributed by atoms with E-state index in [4.69, 9.17) is 15.2 Å². The van der Waals surface area contributed by atoms with E-state index in [1.165, 1.54) is 31.0 Å². The summed E-state index contributed by atoms with van der Waals surface area (Å²) < 4.78 is 20.9. The Kier molecular flexibility index (Phi) is 9.52. The van der Waals surface area contributed by atoms with E-state index in [1.54, 1.807) is 0 Å². The molecule has 1 aromatic rings. The Balaban J connectivity index is 1.92. The fraction of sp³-hybridized carbons (Fsp3) is 0.762. The van der Waals surface area contributed by atoms with Crippen molar-refractivity contribution in [1.29, 1.82) is 0 Å². The number of quaternary nitrogens is 1. The Morgan fingerprint density at radius 1 is 1.31 bits per heavy atom. The third-order valence-corrected chi connectivity index (χ3v) is 6.17. The van der Waals surface area contributed by atoms with E-state index in [1.807, 2.05) is 13.8 Å². The first-order valence-electron chi connectivity index (χ1n) is 10.8. The zero-order valence-corrected chi connectivity index (χ0v) is 19.2. The predicted octanol–water partition coefficient (Wildman–Crippen LogP) is 3.61. The van der Waals surface area contributed by atoms with E-state index in [0.29, 0.717) is 23.7 Å². The van der Waals surface area contributed by atoms with Crippen molar-refractivity contribution in [3.63, 3.8) is 0 Å². The molecule has 29 heavy (non-hydrogen) atoms. The van der Waals surface area contributed by atoms with Crippen molar-refractivity contribution in [2.75, 3.05) is 33.5 Å². The number of carbonyl (C=O) groups is 1. The van der Waals surface area contributed by atoms with Crippen LogP contribution in [-0.2, 0) is 9.53 Å². The number of nitrogens with two attached hydrogens (primary N) is 1. The molecule has 0 saturated carbocycles. The number of ether oxygens (including phenoxy) is 2. The lowest BCUT2D eigenvalue weighted by Crippen LogP contribution is -2.51. The van der Waals surface area contributed by atoms with Crippen LogP contribution in [0.4, 0.5) is 0 Å². The lowest BCUT2D eigenvalue weighted by Gasteiger charge is -2.36. The minimum Gasteiger partial charge on any atom is -0.475 e. The van der Waals surface area contributed by atoms with E-state index >= 15 is 0 Å². The molecule has 0 radical (unpaired) electrons. The van der Waals surface area contributed by atoms with E-state index < -0.39 is 6.04 Å². The number of hydrogen-bond acceptors (Lipinski definition) is 7. The van der Waals surface area contributed by atoms with Gasteiger partial charge in [0, 0.05) is 12.0 Å². The van der Waals surface area contributed by atoms with E-state index in [0.717, 1.165) is 43.6 Å². The molecule has 1 aliphatic rings. The average Bonchev–Trinajstić information content (AvgIpc) is 3.19. The Morgan fingerprint density at radius 3 is 2.83 bits per heavy atom. The summed E-state index contributed by atoms with van der Waals surface area (Å²) in [6.07, 6.45) is 8.59. The number of esters is 1. The molecule has 2 rings (SSSR count). The summed E-state index contributed by atoms with van der Waals surface area (Å²) in [7, 11) is 2.10. The highest BCUT2D eigenvalue weighted by atomic mass is 32.1. The van der Waals surface area contributed by atoms with Crippen LogP contribution in [0.1, 0.15) is 65.0 Å². The van der Waals surface area contributed by atoms with Crippen molar-refractivity contribution in [2.24, 2.45) is 11.7 Å². The second-order valence-corrected chi connectivity index (χ2v) is 8.88. The van der Waals surface area contributed by atoms with Gasteiger partial charge in [0.15, 0.2) is 0 Å². The zero-order valence-electron chi connectivity index (χ0n) is 18.4. The molecule has 0 aliphatic carbocycles. The molecule has 7 nitrogen and oxygen atoms in total. The van der Waals surface area contributed by atoms with Gasteiger partial charge in [-0.05, 0) is 12.3 Å². The van der Waals surface area contributed by atoms with Gasteiger partial charge in [0.25, 0.3) is 5.88 Å². The first-order valence-corrected chi connectivity index (χ1v) is 11.5. The van der Waals surface area contributed by atoms with Crippen LogP contribution >= 0.6 is 11.7 Å². The molecule has 0 fully saturated rings. The largest absolute Gasteiger partial charge is 0.475 e. The van der Waals surface area contributed by atoms with Gasteiger partial charge in [0.2, 0.25) is 6.73 Å². The fourth-order valence-electron chi connectivity index (χ4n) is 3.36. The molecule has 1 aromatic heterocycles. The van der Waals surface area contributed by atoms with Gasteiger partial charge in [-0.15, -0.1) is 4.37 Å². The Morgan fingerprint density at radius 2 is 2.10 bits per heavy atom. The molecular weight excluding hydrogens is 388 g/mol. The van der Waals surface area contributed by atoms with Gasteiger partial charge in [0.05, 0.1) is 31.9 Å². The summed E-state index contributed by atoms with van der Waals surface area (Å²) in [5.41, 5.74) is 7.95. The van der Waals surface area contributed by atoms with Crippen LogP contribution in [0.2, 0.25) is 0 Å². The highest BCUT2D eigenvalue weighted by Gasteiger charge is 2.32. The van der Waals surface area contributed by atoms with Gasteiger partial charge in [-0.2, -0.15) is 4.37 Å². The monoisotopic (exact) mass is 425 g/mol. The smallest absolute Gasteiger partial charge is 0.327 e. The average molecular weight is 426 g/mol. The second kappa shape index (κ2) is 11.6. The van der Waals surface area contributed by atoms with Gasteiger partial charge in [0.1, 0.15) is 18.3 Å². The number of rotatable bonds is 12. The molecule has 164 valence electrons. The van der Waals surface area contributed by atoms with Crippen LogP contribution in [0.15, 0.2) is 6.08 Å². The summed E-state index contributed by atoms with van der Waals surface area (Å²) in [6.45, 7) is 8.81. The maximum atomic E-state index is 12.3. The molecule has 0 spiro atoms. The van der Waals surface area contributed by atoms with Crippen LogP contribution in [-0.4, -0.2) is 58.7 Å². The molecule has 1 aliphatic heterocycles. The lowest BCUT2D eigenvalue weighted by molar-refractivity contribution is -0.919. The molecule has 2 heterocycles. The lowest BCUT2D eigenvalue weighted by atomic mass is 10.0. The Bertz CT molecular complexity index is 679. The number of hydrogen-bond donors (Lipinski definition) is 1. The Labute approximate surface area is 179 Å². The number of carbonyl (C=O) groups excluding carboxylic acids is 1. The van der Waals surface area contributed by atoms with Gasteiger partial charge in [-0.1, -0.05) is 52.5 Å². The molecule has 0 amide bonds. The van der Waals surface area contributed by atoms with Crippen molar-refractivity contribution in [2.45, 2.75) is 65.3 Å². The highest BCUT2D eigenvalue weighted by molar-refractivity contribution is 6.99. The summed E-state index contributed by atoms with van der Waals surface area (Å²) in [5.74, 6) is 0.422. The van der Waals surface area contributed by atoms with E-state index in [9.17, 15) is 4.79 Å². The van der Waals surface area contributed by atoms with Crippen LogP contribution in [0.3, 0.4) is 0 Å². The molecule has 0 bridgehead atoms. The molecule has 1 unspecified atom stereocenters. The number of likely N-dealkylation sites (N-methyl/N-ethyl adjacent to an activating group) is 1. The highest BCUT2D eigenvalue weighted by Crippen LogP contribution is 2.30. The molecule has 8 heteroatoms. The third kappa shape index (κ3) is 7.04. The second-order valence-electron chi connectivity index (χ2n) is 8.35. The van der Waals surface area contributed by atoms with Crippen LogP contribution < -0.4 is 10.5 Å². The van der Waals surface area contributed by atoms with Crippen molar-refractivity contribution in [3.8, 4) is 5.88 Å². The summed E-state index contributed by atoms with van der Waals surface area (Å²) >= 11 is 1.18. The van der Waals surface area contributed by atoms with E-state index in [2.05, 4.69) is 28.8 Å². The van der Waals surface area contributed by atoms with E-state index in [-0.39, 0.29) is 11.9 Å². The fourth-order valence-corrected chi connectivity index (χ4v) is 3.89. The molecule has 0 aromatic carbocycles. The van der Waals surface area contributed by atoms with Crippen molar-refractivity contribution in [3.05, 3.63) is 11.8 Å². The van der Waals surface area contributed by atoms with Crippen molar-refractivity contribution < 1.29 is 18.8 Å². The van der Waals surface area contributed by atoms with Gasteiger partial charge >= 0.3 is 5.97 Å². The normalized spacial score (nSPS) is 21.3. The molecule has 0 saturated heterocycles. The number of nitrogens with zero attached hydrogens (tertiary/aromatic N) is 3. The zero-order chi connectivity index (χ0) is 21.3. The van der Waals surface area contributed by atoms with Crippen LogP contribution in [0, 0.1) is 5.92 Å². The standard InChI is InChI=1S/C21H37N4O3S/c1-5-7-8-9-13-27-20-19(23-29-24-20)17-11-10-12-25(4,14-17)15-28-21(26)18(22)16(3)6-2/h11,16,18H,5-10,12-15,22H2,1-4H3/q+1/t16-,18-,25?/m0/s1. The topological polar surface area (TPSA) is 87.3 Å². The van der Waals surface area contributed by atoms with Crippen LogP contribution in [0.5, 0.6) is 5.88 Å². The number of aromatic nitrogens is 2. The minimum atomic E-state index is -0.568. The maximum Gasteiger partial charge on any atom is 0.327 e. The summed E-state index contributed by atoms with van der Waals surface area (Å²) in [5, 5.41) is 0. The SMILES string of the molecule is CCCCCCOc1nsnc1C1=CCC[N+](C)(COC(=O)[C@@H](N)[C@@H](C)CC)C1. The first-order chi connectivity index (χ1) is 13.9. The molecule has 2 N–H and O–H groups in total. The van der Waals surface area contributed by atoms with Crippen LogP contribution in [0.25, 0.3) is 5.57 Å². The quantitative estimate of drug-likeness (QED) is 0.313. The summed E-state index contributed by atoms with van der Waals surface area (Å²) in [6, 6.07) is -0.568. The Hall–Kier alpha value is -1.51. The van der Waals surface area contributed by atoms with Gasteiger partial charge < -0.3 is 15.2 Å². The van der Waals surface area contributed by atoms with Gasteiger partial charge in [-0.25, -0.2) is 0 Å². The summed E-state index contributed by atoms with van der Waals surface area (Å²) in [4.78, 5) is 12.3. The predicted molar refractivity (Wildman–Crippen MR) is 116 cm³/mol. The third-order valence-electron chi connectivity index (χ3n) is 5.66. The van der Waals surface area contributed by atoms with Gasteiger partial charge in [-0.3, -0.25) is 9.28 Å². The number of unbranched alkanes of at least 4 members (excludes halogenated alkanes) is 3. The molecule has 3 atom stereocenters. The molecular formula is C21H37N4O3S+. The maximum absolute atomic E-state index is 12.3. The van der Waals surface area contributed by atoms with Crippen molar-refractivity contribution in [1.82, 2.24) is 8.75 Å². The first kappa shape index (κ1) is 23.8.